The number of carbonyl (C=O) groups excluding carboxylic acids is 1. The van der Waals surface area contributed by atoms with Crippen LogP contribution in [0.2, 0.25) is 0 Å². The van der Waals surface area contributed by atoms with Crippen LogP contribution in [0.4, 0.5) is 0 Å². The van der Waals surface area contributed by atoms with E-state index in [1.807, 2.05) is 12.1 Å². The number of hydrogen-bond acceptors (Lipinski definition) is 2. The lowest BCUT2D eigenvalue weighted by molar-refractivity contribution is 0.0943. The highest BCUT2D eigenvalue weighted by Crippen LogP contribution is 2.22. The van der Waals surface area contributed by atoms with E-state index in [4.69, 9.17) is 5.11 Å². The average Bonchev–Trinajstić information content (AvgIpc) is 2.12. The molecular weight excluding hydrogens is 535 g/mol. The first-order valence-electron chi connectivity index (χ1n) is 4.10. The minimum atomic E-state index is -0.130. The van der Waals surface area contributed by atoms with Gasteiger partial charge in [-0.1, -0.05) is 0 Å². The summed E-state index contributed by atoms with van der Waals surface area (Å²) in [5.74, 6) is -0.130. The highest BCUT2D eigenvalue weighted by molar-refractivity contribution is 14.1. The van der Waals surface area contributed by atoms with Gasteiger partial charge in [0.25, 0.3) is 5.91 Å². The summed E-state index contributed by atoms with van der Waals surface area (Å²) in [5, 5.41) is 11.3. The summed E-state index contributed by atoms with van der Waals surface area (Å²) in [6.07, 6.45) is 0. The fourth-order valence-corrected chi connectivity index (χ4v) is 5.09. The van der Waals surface area contributed by atoms with E-state index >= 15 is 0 Å². The van der Waals surface area contributed by atoms with Crippen molar-refractivity contribution in [1.29, 1.82) is 0 Å². The van der Waals surface area contributed by atoms with Gasteiger partial charge in [0.1, 0.15) is 0 Å². The van der Waals surface area contributed by atoms with Crippen LogP contribution >= 0.6 is 67.8 Å². The molecule has 6 heteroatoms. The predicted molar refractivity (Wildman–Crippen MR) is 84.0 cm³/mol. The monoisotopic (exact) mass is 543 g/mol. The summed E-state index contributed by atoms with van der Waals surface area (Å²) in [7, 11) is 0. The third-order valence-corrected chi connectivity index (χ3v) is 3.96. The van der Waals surface area contributed by atoms with Gasteiger partial charge < -0.3 is 10.4 Å². The van der Waals surface area contributed by atoms with E-state index in [0.717, 1.165) is 10.7 Å². The van der Waals surface area contributed by atoms with Crippen molar-refractivity contribution in [3.8, 4) is 0 Å². The number of benzene rings is 1. The molecule has 0 aliphatic heterocycles. The van der Waals surface area contributed by atoms with Crippen molar-refractivity contribution in [2.75, 3.05) is 13.2 Å². The van der Waals surface area contributed by atoms with Gasteiger partial charge in [-0.15, -0.1) is 0 Å². The Morgan fingerprint density at radius 2 is 1.80 bits per heavy atom. The van der Waals surface area contributed by atoms with Crippen LogP contribution in [-0.2, 0) is 0 Å². The van der Waals surface area contributed by atoms with Crippen molar-refractivity contribution in [3.63, 3.8) is 0 Å². The maximum Gasteiger partial charge on any atom is 0.253 e. The third-order valence-electron chi connectivity index (χ3n) is 1.63. The Labute approximate surface area is 129 Å². The number of carbonyl (C=O) groups is 1. The standard InChI is InChI=1S/C9H8I3NO2/c10-5-3-6(11)8(7(12)4-5)9(15)13-1-2-14/h3-4,14H,1-2H2,(H,13,15). The first-order chi connectivity index (χ1) is 7.06. The molecule has 0 bridgehead atoms. The molecule has 1 aromatic rings. The van der Waals surface area contributed by atoms with Crippen LogP contribution in [0.1, 0.15) is 10.4 Å². The van der Waals surface area contributed by atoms with Gasteiger partial charge in [-0.05, 0) is 79.9 Å². The molecule has 0 unspecified atom stereocenters. The predicted octanol–water partition coefficient (Wildman–Crippen LogP) is 2.22. The zero-order chi connectivity index (χ0) is 11.4. The van der Waals surface area contributed by atoms with Gasteiger partial charge in [-0.2, -0.15) is 0 Å². The van der Waals surface area contributed by atoms with Crippen molar-refractivity contribution in [2.45, 2.75) is 0 Å². The fourth-order valence-electron chi connectivity index (χ4n) is 1.02. The van der Waals surface area contributed by atoms with Gasteiger partial charge in [0.05, 0.1) is 12.2 Å². The van der Waals surface area contributed by atoms with Crippen molar-refractivity contribution in [3.05, 3.63) is 28.4 Å². The van der Waals surface area contributed by atoms with E-state index in [1.165, 1.54) is 0 Å². The molecule has 1 aromatic carbocycles. The molecule has 3 nitrogen and oxygen atoms in total. The molecule has 0 aliphatic rings. The van der Waals surface area contributed by atoms with Crippen molar-refractivity contribution < 1.29 is 9.90 Å². The molecule has 0 saturated carbocycles. The van der Waals surface area contributed by atoms with Crippen LogP contribution in [0.3, 0.4) is 0 Å². The molecule has 0 atom stereocenters. The summed E-state index contributed by atoms with van der Waals surface area (Å²) in [5.41, 5.74) is 0.685. The molecule has 0 aromatic heterocycles. The van der Waals surface area contributed by atoms with Gasteiger partial charge in [0.2, 0.25) is 0 Å². The molecule has 0 fully saturated rings. The first-order valence-corrected chi connectivity index (χ1v) is 7.33. The van der Waals surface area contributed by atoms with Crippen molar-refractivity contribution in [1.82, 2.24) is 5.32 Å². The minimum Gasteiger partial charge on any atom is -0.395 e. The highest BCUT2D eigenvalue weighted by Gasteiger charge is 2.14. The number of rotatable bonds is 3. The molecule has 0 radical (unpaired) electrons. The largest absolute Gasteiger partial charge is 0.395 e. The lowest BCUT2D eigenvalue weighted by Crippen LogP contribution is -2.27. The number of hydrogen-bond donors (Lipinski definition) is 2. The molecule has 1 rings (SSSR count). The van der Waals surface area contributed by atoms with E-state index < -0.39 is 0 Å². The first kappa shape index (κ1) is 13.9. The Hall–Kier alpha value is 0.840. The van der Waals surface area contributed by atoms with Crippen LogP contribution < -0.4 is 5.32 Å². The zero-order valence-corrected chi connectivity index (χ0v) is 14.0. The third kappa shape index (κ3) is 3.97. The maximum atomic E-state index is 11.7. The number of aliphatic hydroxyl groups is 1. The molecule has 1 amide bonds. The molecule has 0 saturated heterocycles. The quantitative estimate of drug-likeness (QED) is 0.576. The fraction of sp³-hybridized carbons (Fsp3) is 0.222. The van der Waals surface area contributed by atoms with Crippen LogP contribution in [-0.4, -0.2) is 24.2 Å². The molecule has 15 heavy (non-hydrogen) atoms. The van der Waals surface area contributed by atoms with E-state index in [0.29, 0.717) is 5.56 Å². The summed E-state index contributed by atoms with van der Waals surface area (Å²) < 4.78 is 2.97. The van der Waals surface area contributed by atoms with Crippen LogP contribution in [0, 0.1) is 10.7 Å². The normalized spacial score (nSPS) is 10.1. The molecule has 0 spiro atoms. The van der Waals surface area contributed by atoms with E-state index in [-0.39, 0.29) is 19.1 Å². The van der Waals surface area contributed by atoms with Gasteiger partial charge in [0.15, 0.2) is 0 Å². The lowest BCUT2D eigenvalue weighted by atomic mass is 10.2. The lowest BCUT2D eigenvalue weighted by Gasteiger charge is -2.08. The summed E-state index contributed by atoms with van der Waals surface area (Å²) in [6.45, 7) is 0.250. The minimum absolute atomic E-state index is 0.0384. The zero-order valence-electron chi connectivity index (χ0n) is 7.56. The maximum absolute atomic E-state index is 11.7. The van der Waals surface area contributed by atoms with Gasteiger partial charge in [-0.3, -0.25) is 4.79 Å². The van der Waals surface area contributed by atoms with Crippen molar-refractivity contribution in [2.24, 2.45) is 0 Å². The van der Waals surface area contributed by atoms with Crippen LogP contribution in [0.5, 0.6) is 0 Å². The van der Waals surface area contributed by atoms with Crippen LogP contribution in [0.15, 0.2) is 12.1 Å². The Morgan fingerprint density at radius 1 is 1.27 bits per heavy atom. The number of halogens is 3. The van der Waals surface area contributed by atoms with Gasteiger partial charge >= 0.3 is 0 Å². The molecule has 2 N–H and O–H groups in total. The highest BCUT2D eigenvalue weighted by atomic mass is 127. The van der Waals surface area contributed by atoms with E-state index in [9.17, 15) is 4.79 Å². The van der Waals surface area contributed by atoms with E-state index in [1.54, 1.807) is 0 Å². The van der Waals surface area contributed by atoms with Gasteiger partial charge in [-0.25, -0.2) is 0 Å². The second-order valence-corrected chi connectivity index (χ2v) is 6.29. The Balaban J connectivity index is 2.98. The number of amides is 1. The number of nitrogens with one attached hydrogen (secondary N) is 1. The summed E-state index contributed by atoms with van der Waals surface area (Å²) in [4.78, 5) is 11.7. The van der Waals surface area contributed by atoms with Crippen molar-refractivity contribution >= 4 is 73.7 Å². The average molecular weight is 543 g/mol. The molecule has 0 heterocycles. The second-order valence-electron chi connectivity index (χ2n) is 2.72. The smallest absolute Gasteiger partial charge is 0.253 e. The van der Waals surface area contributed by atoms with Gasteiger partial charge in [0, 0.05) is 17.3 Å². The summed E-state index contributed by atoms with van der Waals surface area (Å²) >= 11 is 6.51. The SMILES string of the molecule is O=C(NCCO)c1c(I)cc(I)cc1I. The molecule has 0 aliphatic carbocycles. The second kappa shape index (κ2) is 6.55. The Kier molecular flexibility index (Phi) is 6.07. The van der Waals surface area contributed by atoms with Crippen LogP contribution in [0.25, 0.3) is 0 Å². The molecular formula is C9H8I3NO2. The number of aliphatic hydroxyl groups excluding tert-OH is 1. The van der Waals surface area contributed by atoms with E-state index in [2.05, 4.69) is 73.1 Å². The Bertz CT molecular complexity index is 359. The topological polar surface area (TPSA) is 49.3 Å². The molecule has 82 valence electrons. The Morgan fingerprint density at radius 3 is 2.27 bits per heavy atom. The summed E-state index contributed by atoms with van der Waals surface area (Å²) in [6, 6.07) is 3.91.